The van der Waals surface area contributed by atoms with E-state index in [1.165, 1.54) is 12.1 Å². The maximum atomic E-state index is 13.3. The lowest BCUT2D eigenvalue weighted by Gasteiger charge is -2.43. The molecule has 0 unspecified atom stereocenters. The molecule has 0 radical (unpaired) electrons. The minimum Gasteiger partial charge on any atom is -0.493 e. The van der Waals surface area contributed by atoms with Gasteiger partial charge >= 0.3 is 0 Å². The summed E-state index contributed by atoms with van der Waals surface area (Å²) in [5, 5.41) is 0. The van der Waals surface area contributed by atoms with Gasteiger partial charge in [-0.25, -0.2) is 4.39 Å². The Morgan fingerprint density at radius 1 is 1.03 bits per heavy atom. The van der Waals surface area contributed by atoms with Crippen molar-refractivity contribution in [1.82, 2.24) is 9.80 Å². The van der Waals surface area contributed by atoms with Crippen molar-refractivity contribution in [2.24, 2.45) is 5.41 Å². The highest BCUT2D eigenvalue weighted by molar-refractivity contribution is 5.95. The number of nitrogens with zero attached hydrogens (tertiary/aromatic N) is 2. The Balaban J connectivity index is 1.54. The van der Waals surface area contributed by atoms with Crippen molar-refractivity contribution in [2.45, 2.75) is 26.2 Å². The van der Waals surface area contributed by atoms with Crippen LogP contribution in [0.15, 0.2) is 48.5 Å². The van der Waals surface area contributed by atoms with Crippen LogP contribution in [-0.4, -0.2) is 67.6 Å². The van der Waals surface area contributed by atoms with Crippen LogP contribution in [0.4, 0.5) is 4.39 Å². The first-order valence-electron chi connectivity index (χ1n) is 11.5. The summed E-state index contributed by atoms with van der Waals surface area (Å²) in [4.78, 5) is 30.2. The van der Waals surface area contributed by atoms with Crippen molar-refractivity contribution in [1.29, 1.82) is 0 Å². The third kappa shape index (κ3) is 5.71. The summed E-state index contributed by atoms with van der Waals surface area (Å²) in [6.45, 7) is 5.57. The van der Waals surface area contributed by atoms with Crippen LogP contribution in [0.2, 0.25) is 0 Å². The van der Waals surface area contributed by atoms with Crippen molar-refractivity contribution >= 4 is 11.8 Å². The number of hydrogen-bond donors (Lipinski definition) is 0. The zero-order chi connectivity index (χ0) is 23.3. The Hall–Kier alpha value is -2.93. The quantitative estimate of drug-likeness (QED) is 0.668. The maximum Gasteiger partial charge on any atom is 0.254 e. The van der Waals surface area contributed by atoms with E-state index in [4.69, 9.17) is 9.47 Å². The highest BCUT2D eigenvalue weighted by atomic mass is 19.1. The molecule has 2 aromatic carbocycles. The molecule has 1 atom stereocenters. The smallest absolute Gasteiger partial charge is 0.254 e. The zero-order valence-corrected chi connectivity index (χ0v) is 19.1. The predicted molar refractivity (Wildman–Crippen MR) is 123 cm³/mol. The van der Waals surface area contributed by atoms with Crippen LogP contribution in [0.3, 0.4) is 0 Å². The summed E-state index contributed by atoms with van der Waals surface area (Å²) in [5.41, 5.74) is 1.11. The topological polar surface area (TPSA) is 59.1 Å². The van der Waals surface area contributed by atoms with E-state index in [2.05, 4.69) is 0 Å². The van der Waals surface area contributed by atoms with Gasteiger partial charge in [0.05, 0.1) is 19.8 Å². The largest absolute Gasteiger partial charge is 0.493 e. The van der Waals surface area contributed by atoms with Crippen LogP contribution in [0, 0.1) is 18.2 Å². The molecule has 0 saturated carbocycles. The molecule has 0 N–H and O–H groups in total. The summed E-state index contributed by atoms with van der Waals surface area (Å²) < 4.78 is 24.7. The Bertz CT molecular complexity index is 975. The number of morpholine rings is 1. The second kappa shape index (κ2) is 10.3. The zero-order valence-electron chi connectivity index (χ0n) is 19.1. The van der Waals surface area contributed by atoms with E-state index in [0.717, 1.165) is 18.4 Å². The maximum absolute atomic E-state index is 13.3. The Morgan fingerprint density at radius 2 is 1.76 bits per heavy atom. The van der Waals surface area contributed by atoms with E-state index in [-0.39, 0.29) is 24.2 Å². The molecular formula is C26H31FN2O4. The summed E-state index contributed by atoms with van der Waals surface area (Å²) in [7, 11) is 0. The van der Waals surface area contributed by atoms with Gasteiger partial charge in [-0.3, -0.25) is 9.59 Å². The number of hydrogen-bond acceptors (Lipinski definition) is 4. The molecule has 2 aromatic rings. The van der Waals surface area contributed by atoms with Crippen LogP contribution in [0.5, 0.6) is 5.75 Å². The fourth-order valence-electron chi connectivity index (χ4n) is 4.69. The third-order valence-corrected chi connectivity index (χ3v) is 6.57. The van der Waals surface area contributed by atoms with E-state index in [0.29, 0.717) is 57.1 Å². The number of piperidine rings is 1. The Labute approximate surface area is 194 Å². The van der Waals surface area contributed by atoms with E-state index in [9.17, 15) is 14.0 Å². The lowest BCUT2D eigenvalue weighted by atomic mass is 9.77. The first-order chi connectivity index (χ1) is 16.0. The molecule has 2 aliphatic heterocycles. The van der Waals surface area contributed by atoms with Gasteiger partial charge in [-0.1, -0.05) is 18.2 Å². The monoisotopic (exact) mass is 454 g/mol. The van der Waals surface area contributed by atoms with E-state index in [1.807, 2.05) is 41.0 Å². The lowest BCUT2D eigenvalue weighted by Crippen LogP contribution is -2.52. The van der Waals surface area contributed by atoms with E-state index >= 15 is 0 Å². The number of halogens is 1. The summed E-state index contributed by atoms with van der Waals surface area (Å²) in [6.07, 6.45) is 1.87. The fourth-order valence-corrected chi connectivity index (χ4v) is 4.69. The summed E-state index contributed by atoms with van der Waals surface area (Å²) in [6, 6.07) is 13.5. The molecule has 6 nitrogen and oxygen atoms in total. The molecule has 0 bridgehead atoms. The van der Waals surface area contributed by atoms with Gasteiger partial charge in [0, 0.05) is 43.6 Å². The van der Waals surface area contributed by atoms with Crippen LogP contribution >= 0.6 is 0 Å². The fraction of sp³-hybridized carbons (Fsp3) is 0.462. The van der Waals surface area contributed by atoms with Gasteiger partial charge in [0.2, 0.25) is 5.91 Å². The van der Waals surface area contributed by atoms with Crippen LogP contribution in [0.25, 0.3) is 0 Å². The number of likely N-dealkylation sites (tertiary alicyclic amines) is 1. The van der Waals surface area contributed by atoms with E-state index in [1.54, 1.807) is 12.1 Å². The lowest BCUT2D eigenvalue weighted by molar-refractivity contribution is -0.139. The summed E-state index contributed by atoms with van der Waals surface area (Å²) >= 11 is 0. The average molecular weight is 455 g/mol. The van der Waals surface area contributed by atoms with Crippen LogP contribution in [-0.2, 0) is 9.53 Å². The summed E-state index contributed by atoms with van der Waals surface area (Å²) in [5.74, 6) is 0.271. The minimum atomic E-state index is -0.514. The number of amides is 2. The van der Waals surface area contributed by atoms with Gasteiger partial charge in [-0.15, -0.1) is 0 Å². The number of aryl methyl sites for hydroxylation is 1. The highest BCUT2D eigenvalue weighted by Gasteiger charge is 2.41. The second-order valence-electron chi connectivity index (χ2n) is 9.06. The molecule has 7 heteroatoms. The van der Waals surface area contributed by atoms with Gasteiger partial charge in [-0.2, -0.15) is 0 Å². The number of carbonyl (C=O) groups is 2. The Kier molecular flexibility index (Phi) is 7.28. The minimum absolute atomic E-state index is 0.0159. The van der Waals surface area contributed by atoms with Crippen molar-refractivity contribution in [3.63, 3.8) is 0 Å². The first kappa shape index (κ1) is 23.2. The molecule has 2 amide bonds. The van der Waals surface area contributed by atoms with Crippen LogP contribution in [0.1, 0.15) is 35.2 Å². The van der Waals surface area contributed by atoms with Gasteiger partial charge in [0.15, 0.2) is 0 Å². The van der Waals surface area contributed by atoms with Crippen molar-refractivity contribution in [3.05, 3.63) is 65.5 Å². The highest BCUT2D eigenvalue weighted by Crippen LogP contribution is 2.36. The molecule has 2 fully saturated rings. The number of rotatable bonds is 6. The van der Waals surface area contributed by atoms with Crippen molar-refractivity contribution in [2.75, 3.05) is 46.0 Å². The van der Waals surface area contributed by atoms with Gasteiger partial charge in [-0.05, 0) is 55.7 Å². The number of benzene rings is 2. The molecule has 0 spiro atoms. The van der Waals surface area contributed by atoms with Gasteiger partial charge < -0.3 is 19.3 Å². The normalized spacial score (nSPS) is 21.0. The molecule has 2 heterocycles. The predicted octanol–water partition coefficient (Wildman–Crippen LogP) is 3.68. The van der Waals surface area contributed by atoms with Crippen molar-refractivity contribution < 1.29 is 23.5 Å². The molecule has 33 heavy (non-hydrogen) atoms. The standard InChI is InChI=1S/C26H31FN2O4/c1-20-5-2-3-6-23(20)25(31)29-12-4-11-26(18-29,17-24(30)28-13-15-32-16-14-28)19-33-22-9-7-21(27)8-10-22/h2-3,5-10H,4,11-19H2,1H3/t26-/m0/s1. The van der Waals surface area contributed by atoms with Gasteiger partial charge in [0.25, 0.3) is 5.91 Å². The molecule has 0 aromatic heterocycles. The third-order valence-electron chi connectivity index (χ3n) is 6.57. The molecule has 4 rings (SSSR count). The molecule has 2 saturated heterocycles. The number of carbonyl (C=O) groups excluding carboxylic acids is 2. The van der Waals surface area contributed by atoms with E-state index < -0.39 is 5.41 Å². The molecule has 176 valence electrons. The average Bonchev–Trinajstić information content (AvgIpc) is 2.84. The van der Waals surface area contributed by atoms with Crippen LogP contribution < -0.4 is 4.74 Å². The second-order valence-corrected chi connectivity index (χ2v) is 9.06. The number of ether oxygens (including phenoxy) is 2. The van der Waals surface area contributed by atoms with Crippen molar-refractivity contribution in [3.8, 4) is 5.75 Å². The SMILES string of the molecule is Cc1ccccc1C(=O)N1CCC[C@](COc2ccc(F)cc2)(CC(=O)N2CCOCC2)C1. The van der Waals surface area contributed by atoms with Gasteiger partial charge in [0.1, 0.15) is 11.6 Å². The first-order valence-corrected chi connectivity index (χ1v) is 11.5. The Morgan fingerprint density at radius 3 is 2.48 bits per heavy atom. The molecule has 2 aliphatic rings. The molecular weight excluding hydrogens is 423 g/mol. The molecule has 0 aliphatic carbocycles.